The van der Waals surface area contributed by atoms with Crippen LogP contribution in [0.1, 0.15) is 32.4 Å². The van der Waals surface area contributed by atoms with Gasteiger partial charge in [0.05, 0.1) is 11.8 Å². The fraction of sp³-hybridized carbons (Fsp3) is 0.462. The van der Waals surface area contributed by atoms with Gasteiger partial charge in [0.2, 0.25) is 0 Å². The molecule has 0 spiro atoms. The molecule has 0 aromatic heterocycles. The molecule has 0 aliphatic rings. The number of carbonyl (C=O) groups excluding carboxylic acids is 1. The van der Waals surface area contributed by atoms with Crippen LogP contribution in [-0.2, 0) is 4.74 Å². The van der Waals surface area contributed by atoms with Crippen LogP contribution in [0.5, 0.6) is 0 Å². The van der Waals surface area contributed by atoms with Crippen molar-refractivity contribution in [3.63, 3.8) is 0 Å². The minimum absolute atomic E-state index is 0.0740. The molecule has 0 unspecified atom stereocenters. The van der Waals surface area contributed by atoms with E-state index < -0.39 is 17.8 Å². The molecule has 1 atom stereocenters. The van der Waals surface area contributed by atoms with Crippen LogP contribution < -0.4 is 11.1 Å². The number of nitrogens with two attached hydrogens (primary N) is 1. The van der Waals surface area contributed by atoms with E-state index in [0.717, 1.165) is 4.47 Å². The number of benzene rings is 1. The van der Waals surface area contributed by atoms with Gasteiger partial charge in [-0.15, -0.1) is 0 Å². The Balaban J connectivity index is 2.93. The van der Waals surface area contributed by atoms with E-state index in [1.165, 1.54) is 0 Å². The highest BCUT2D eigenvalue weighted by Gasteiger charge is 2.19. The molecular weight excluding hydrogens is 312 g/mol. The Hall–Kier alpha value is -1.11. The van der Waals surface area contributed by atoms with Gasteiger partial charge in [-0.1, -0.05) is 22.0 Å². The van der Waals surface area contributed by atoms with E-state index >= 15 is 0 Å². The Morgan fingerprint density at radius 1 is 1.53 bits per heavy atom. The van der Waals surface area contributed by atoms with E-state index in [2.05, 4.69) is 21.2 Å². The maximum Gasteiger partial charge on any atom is 0.412 e. The van der Waals surface area contributed by atoms with Crippen molar-refractivity contribution in [1.82, 2.24) is 0 Å². The van der Waals surface area contributed by atoms with Crippen LogP contribution in [-0.4, -0.2) is 23.3 Å². The number of hydrogen-bond donors (Lipinski definition) is 3. The van der Waals surface area contributed by atoms with Gasteiger partial charge < -0.3 is 15.6 Å². The summed E-state index contributed by atoms with van der Waals surface area (Å²) >= 11 is 3.31. The third-order valence-electron chi connectivity index (χ3n) is 2.23. The number of rotatable bonds is 3. The molecule has 0 radical (unpaired) electrons. The molecule has 6 heteroatoms. The van der Waals surface area contributed by atoms with E-state index in [9.17, 15) is 9.90 Å². The van der Waals surface area contributed by atoms with Crippen LogP contribution in [0.15, 0.2) is 22.7 Å². The average molecular weight is 331 g/mol. The first-order valence-corrected chi connectivity index (χ1v) is 6.70. The smallest absolute Gasteiger partial charge is 0.412 e. The number of carbonyl (C=O) groups is 1. The topological polar surface area (TPSA) is 84.6 Å². The van der Waals surface area contributed by atoms with Gasteiger partial charge in [0, 0.05) is 16.6 Å². The summed E-state index contributed by atoms with van der Waals surface area (Å²) < 4.78 is 5.96. The molecule has 1 aromatic carbocycles. The van der Waals surface area contributed by atoms with Crippen LogP contribution in [0.3, 0.4) is 0 Å². The van der Waals surface area contributed by atoms with Crippen LogP contribution in [0, 0.1) is 0 Å². The van der Waals surface area contributed by atoms with Crippen LogP contribution >= 0.6 is 15.9 Å². The minimum Gasteiger partial charge on any atom is -0.444 e. The molecule has 0 bridgehead atoms. The zero-order valence-electron chi connectivity index (χ0n) is 11.2. The first kappa shape index (κ1) is 15.9. The van der Waals surface area contributed by atoms with Gasteiger partial charge >= 0.3 is 6.09 Å². The molecule has 106 valence electrons. The lowest BCUT2D eigenvalue weighted by Gasteiger charge is -2.21. The summed E-state index contributed by atoms with van der Waals surface area (Å²) in [5, 5.41) is 12.4. The Morgan fingerprint density at radius 2 is 2.16 bits per heavy atom. The number of halogens is 1. The Morgan fingerprint density at radius 3 is 2.68 bits per heavy atom. The fourth-order valence-electron chi connectivity index (χ4n) is 1.47. The molecule has 1 aromatic rings. The van der Waals surface area contributed by atoms with E-state index in [4.69, 9.17) is 10.5 Å². The SMILES string of the molecule is CC(C)(C)OC(=O)Nc1cc(Br)ccc1[C@@H](O)CN. The highest BCUT2D eigenvalue weighted by atomic mass is 79.9. The number of anilines is 1. The maximum atomic E-state index is 11.7. The average Bonchev–Trinajstić information content (AvgIpc) is 2.25. The van der Waals surface area contributed by atoms with Crippen molar-refractivity contribution < 1.29 is 14.6 Å². The second-order valence-corrected chi connectivity index (χ2v) is 6.03. The zero-order valence-corrected chi connectivity index (χ0v) is 12.8. The lowest BCUT2D eigenvalue weighted by molar-refractivity contribution is 0.0635. The molecular formula is C13H19BrN2O3. The van der Waals surface area contributed by atoms with Gasteiger partial charge in [-0.25, -0.2) is 4.79 Å². The van der Waals surface area contributed by atoms with Crippen LogP contribution in [0.2, 0.25) is 0 Å². The van der Waals surface area contributed by atoms with Crippen molar-refractivity contribution in [3.8, 4) is 0 Å². The lowest BCUT2D eigenvalue weighted by Crippen LogP contribution is -2.28. The predicted octanol–water partition coefficient (Wildman–Crippen LogP) is 2.79. The summed E-state index contributed by atoms with van der Waals surface area (Å²) in [5.74, 6) is 0. The van der Waals surface area contributed by atoms with Crippen molar-refractivity contribution in [2.75, 3.05) is 11.9 Å². The monoisotopic (exact) mass is 330 g/mol. The quantitative estimate of drug-likeness (QED) is 0.795. The van der Waals surface area contributed by atoms with E-state index in [1.807, 2.05) is 0 Å². The van der Waals surface area contributed by atoms with Crippen molar-refractivity contribution >= 4 is 27.7 Å². The van der Waals surface area contributed by atoms with Gasteiger partial charge in [0.1, 0.15) is 5.60 Å². The molecule has 0 aliphatic heterocycles. The highest BCUT2D eigenvalue weighted by Crippen LogP contribution is 2.26. The summed E-state index contributed by atoms with van der Waals surface area (Å²) in [6.45, 7) is 5.42. The number of ether oxygens (including phenoxy) is 1. The van der Waals surface area contributed by atoms with Gasteiger partial charge in [0.15, 0.2) is 0 Å². The summed E-state index contributed by atoms with van der Waals surface area (Å²) in [7, 11) is 0. The van der Waals surface area contributed by atoms with Gasteiger partial charge in [0.25, 0.3) is 0 Å². The first-order valence-electron chi connectivity index (χ1n) is 5.90. The molecule has 0 aliphatic carbocycles. The third kappa shape index (κ3) is 5.18. The second kappa shape index (κ2) is 6.36. The van der Waals surface area contributed by atoms with Gasteiger partial charge in [-0.05, 0) is 32.9 Å². The Labute approximate surface area is 121 Å². The van der Waals surface area contributed by atoms with Crippen molar-refractivity contribution in [2.45, 2.75) is 32.5 Å². The van der Waals surface area contributed by atoms with Crippen LogP contribution in [0.4, 0.5) is 10.5 Å². The molecule has 0 fully saturated rings. The maximum absolute atomic E-state index is 11.7. The van der Waals surface area contributed by atoms with Crippen molar-refractivity contribution in [2.24, 2.45) is 5.73 Å². The number of aliphatic hydroxyl groups excluding tert-OH is 1. The normalized spacial score (nSPS) is 12.9. The molecule has 4 N–H and O–H groups in total. The Kier molecular flexibility index (Phi) is 5.34. The zero-order chi connectivity index (χ0) is 14.6. The molecule has 0 heterocycles. The number of hydrogen-bond acceptors (Lipinski definition) is 4. The molecule has 1 amide bonds. The summed E-state index contributed by atoms with van der Waals surface area (Å²) in [5.41, 5.74) is 5.88. The number of aliphatic hydroxyl groups is 1. The summed E-state index contributed by atoms with van der Waals surface area (Å²) in [6, 6.07) is 5.17. The first-order chi connectivity index (χ1) is 8.73. The van der Waals surface area contributed by atoms with Gasteiger partial charge in [-0.2, -0.15) is 0 Å². The van der Waals surface area contributed by atoms with Crippen LogP contribution in [0.25, 0.3) is 0 Å². The Bertz CT molecular complexity index is 458. The van der Waals surface area contributed by atoms with E-state index in [1.54, 1.807) is 39.0 Å². The lowest BCUT2D eigenvalue weighted by atomic mass is 10.1. The summed E-state index contributed by atoms with van der Waals surface area (Å²) in [4.78, 5) is 11.7. The molecule has 1 rings (SSSR count). The highest BCUT2D eigenvalue weighted by molar-refractivity contribution is 9.10. The minimum atomic E-state index is -0.835. The van der Waals surface area contributed by atoms with Crippen molar-refractivity contribution in [3.05, 3.63) is 28.2 Å². The fourth-order valence-corrected chi connectivity index (χ4v) is 1.83. The number of amides is 1. The molecule has 0 saturated carbocycles. The molecule has 0 saturated heterocycles. The standard InChI is InChI=1S/C13H19BrN2O3/c1-13(2,3)19-12(18)16-10-6-8(14)4-5-9(10)11(17)7-15/h4-6,11,17H,7,15H2,1-3H3,(H,16,18)/t11-/m0/s1. The van der Waals surface area contributed by atoms with E-state index in [-0.39, 0.29) is 6.54 Å². The summed E-state index contributed by atoms with van der Waals surface area (Å²) in [6.07, 6.45) is -1.41. The predicted molar refractivity (Wildman–Crippen MR) is 78.0 cm³/mol. The largest absolute Gasteiger partial charge is 0.444 e. The molecule has 19 heavy (non-hydrogen) atoms. The van der Waals surface area contributed by atoms with E-state index in [0.29, 0.717) is 11.3 Å². The van der Waals surface area contributed by atoms with Gasteiger partial charge in [-0.3, -0.25) is 5.32 Å². The third-order valence-corrected chi connectivity index (χ3v) is 2.73. The second-order valence-electron chi connectivity index (χ2n) is 5.11. The van der Waals surface area contributed by atoms with Crippen molar-refractivity contribution in [1.29, 1.82) is 0 Å². The molecule has 5 nitrogen and oxygen atoms in total. The number of nitrogens with one attached hydrogen (secondary N) is 1.